The Kier molecular flexibility index (Phi) is 6.95. The molecule has 0 saturated heterocycles. The van der Waals surface area contributed by atoms with Crippen LogP contribution in [0.5, 0.6) is 5.75 Å². The van der Waals surface area contributed by atoms with Crippen molar-refractivity contribution in [2.45, 2.75) is 97.2 Å². The van der Waals surface area contributed by atoms with Gasteiger partial charge >= 0.3 is 0 Å². The van der Waals surface area contributed by atoms with Crippen LogP contribution in [0.1, 0.15) is 88.7 Å². The molecule has 0 atom stereocenters. The van der Waals surface area contributed by atoms with Gasteiger partial charge in [-0.2, -0.15) is 0 Å². The van der Waals surface area contributed by atoms with E-state index in [2.05, 4.69) is 4.57 Å². The summed E-state index contributed by atoms with van der Waals surface area (Å²) in [5.41, 5.74) is 9.84. The van der Waals surface area contributed by atoms with E-state index in [9.17, 15) is 9.90 Å². The lowest BCUT2D eigenvalue weighted by atomic mass is 9.78. The highest BCUT2D eigenvalue weighted by molar-refractivity contribution is 5.97. The minimum atomic E-state index is -0.313. The number of para-hydroxylation sites is 2. The van der Waals surface area contributed by atoms with Gasteiger partial charge in [0.05, 0.1) is 17.6 Å². The fraction of sp³-hybridized carbons (Fsp3) is 0.533. The van der Waals surface area contributed by atoms with Crippen molar-refractivity contribution in [2.24, 2.45) is 11.7 Å². The van der Waals surface area contributed by atoms with Crippen molar-refractivity contribution >= 4 is 16.8 Å². The number of carbonyl (C=O) groups excluding carboxylic acids is 1. The van der Waals surface area contributed by atoms with E-state index in [0.717, 1.165) is 54.4 Å². The molecule has 194 valence electrons. The zero-order valence-electron chi connectivity index (χ0n) is 22.7. The van der Waals surface area contributed by atoms with Crippen molar-refractivity contribution in [3.05, 3.63) is 58.7 Å². The molecule has 1 aliphatic rings. The molecule has 1 saturated carbocycles. The number of nitrogens with one attached hydrogen (secondary N) is 1. The summed E-state index contributed by atoms with van der Waals surface area (Å²) in [7, 11) is 0. The van der Waals surface area contributed by atoms with Crippen LogP contribution in [0, 0.1) is 11.3 Å². The molecule has 0 radical (unpaired) electrons. The predicted octanol–water partition coefficient (Wildman–Crippen LogP) is 5.62. The third kappa shape index (κ3) is 5.15. The number of phenolic OH excluding ortho intramolecular Hbond substituents is 1. The molecule has 1 aromatic heterocycles. The lowest BCUT2D eigenvalue weighted by Crippen LogP contribution is -2.32. The number of hydrogen-bond donors (Lipinski definition) is 3. The molecule has 2 aromatic carbocycles. The van der Waals surface area contributed by atoms with Gasteiger partial charge in [0.2, 0.25) is 5.62 Å². The smallest absolute Gasteiger partial charge is 0.203 e. The molecule has 1 aliphatic carbocycles. The van der Waals surface area contributed by atoms with Crippen LogP contribution < -0.4 is 11.4 Å². The van der Waals surface area contributed by atoms with Gasteiger partial charge in [0.15, 0.2) is 5.78 Å². The van der Waals surface area contributed by atoms with E-state index in [0.29, 0.717) is 23.1 Å². The first-order valence-corrected chi connectivity index (χ1v) is 13.2. The molecule has 3 aromatic rings. The van der Waals surface area contributed by atoms with E-state index in [4.69, 9.17) is 11.1 Å². The molecule has 0 spiro atoms. The quantitative estimate of drug-likeness (QED) is 0.405. The van der Waals surface area contributed by atoms with Gasteiger partial charge in [-0.15, -0.1) is 0 Å². The number of hydrogen-bond acceptors (Lipinski definition) is 4. The number of nitrogens with zero attached hydrogens (tertiary/aromatic N) is 2. The second-order valence-corrected chi connectivity index (χ2v) is 12.6. The number of fused-ring (bicyclic) bond motifs is 1. The molecular weight excluding hydrogens is 448 g/mol. The van der Waals surface area contributed by atoms with Gasteiger partial charge in [-0.05, 0) is 66.7 Å². The third-order valence-electron chi connectivity index (χ3n) is 7.66. The van der Waals surface area contributed by atoms with E-state index in [1.807, 2.05) is 82.5 Å². The van der Waals surface area contributed by atoms with Crippen LogP contribution in [0.15, 0.2) is 36.4 Å². The van der Waals surface area contributed by atoms with Crippen LogP contribution >= 0.6 is 0 Å². The Bertz CT molecular complexity index is 1290. The van der Waals surface area contributed by atoms with Gasteiger partial charge in [-0.25, -0.2) is 0 Å². The minimum absolute atomic E-state index is 0.0592. The van der Waals surface area contributed by atoms with Crippen LogP contribution in [-0.2, 0) is 23.9 Å². The summed E-state index contributed by atoms with van der Waals surface area (Å²) in [4.78, 5) is 13.7. The second kappa shape index (κ2) is 9.55. The average molecular weight is 491 g/mol. The van der Waals surface area contributed by atoms with Crippen LogP contribution in [0.2, 0.25) is 0 Å². The Morgan fingerprint density at radius 3 is 1.94 bits per heavy atom. The van der Waals surface area contributed by atoms with Gasteiger partial charge in [0.1, 0.15) is 5.75 Å². The summed E-state index contributed by atoms with van der Waals surface area (Å²) in [6.07, 6.45) is 4.21. The third-order valence-corrected chi connectivity index (χ3v) is 7.66. The molecule has 4 rings (SSSR count). The Hall–Kier alpha value is -2.86. The van der Waals surface area contributed by atoms with Crippen molar-refractivity contribution in [3.8, 4) is 5.75 Å². The van der Waals surface area contributed by atoms with E-state index in [1.165, 1.54) is 0 Å². The van der Waals surface area contributed by atoms with E-state index >= 15 is 0 Å². The summed E-state index contributed by atoms with van der Waals surface area (Å²) < 4.78 is 3.88. The van der Waals surface area contributed by atoms with E-state index < -0.39 is 0 Å². The van der Waals surface area contributed by atoms with Crippen LogP contribution in [-0.4, -0.2) is 26.1 Å². The number of nitrogens with two attached hydrogens (primary N) is 1. The molecule has 0 unspecified atom stereocenters. The predicted molar refractivity (Wildman–Crippen MR) is 146 cm³/mol. The maximum Gasteiger partial charge on any atom is 0.203 e. The van der Waals surface area contributed by atoms with Gasteiger partial charge in [0.25, 0.3) is 0 Å². The second-order valence-electron chi connectivity index (χ2n) is 12.6. The van der Waals surface area contributed by atoms with Crippen molar-refractivity contribution in [3.63, 3.8) is 0 Å². The Morgan fingerprint density at radius 2 is 1.44 bits per heavy atom. The number of aromatic nitrogens is 2. The van der Waals surface area contributed by atoms with Crippen LogP contribution in [0.25, 0.3) is 11.0 Å². The van der Waals surface area contributed by atoms with Crippen molar-refractivity contribution < 1.29 is 9.90 Å². The highest BCUT2D eigenvalue weighted by atomic mass is 16.3. The molecule has 0 aliphatic heterocycles. The molecular formula is C30H42N4O2. The largest absolute Gasteiger partial charge is 0.507 e. The monoisotopic (exact) mass is 490 g/mol. The maximum absolute atomic E-state index is 13.7. The summed E-state index contributed by atoms with van der Waals surface area (Å²) >= 11 is 0. The fourth-order valence-electron chi connectivity index (χ4n) is 5.44. The molecule has 4 N–H and O–H groups in total. The number of benzene rings is 2. The summed E-state index contributed by atoms with van der Waals surface area (Å²) in [5.74, 6) is 0.704. The highest BCUT2D eigenvalue weighted by Crippen LogP contribution is 2.40. The number of carbonyl (C=O) groups is 1. The number of phenols is 1. The normalized spacial score (nSPS) is 19.1. The van der Waals surface area contributed by atoms with E-state index in [1.54, 1.807) is 0 Å². The summed E-state index contributed by atoms with van der Waals surface area (Å²) in [6, 6.07) is 11.9. The molecule has 36 heavy (non-hydrogen) atoms. The fourth-order valence-corrected chi connectivity index (χ4v) is 5.44. The van der Waals surface area contributed by atoms with Gasteiger partial charge < -0.3 is 20.0 Å². The highest BCUT2D eigenvalue weighted by Gasteiger charge is 2.28. The molecule has 0 bridgehead atoms. The lowest BCUT2D eigenvalue weighted by Gasteiger charge is -2.28. The molecule has 6 heteroatoms. The maximum atomic E-state index is 13.7. The van der Waals surface area contributed by atoms with Gasteiger partial charge in [0, 0.05) is 29.3 Å². The first-order valence-electron chi connectivity index (χ1n) is 13.2. The van der Waals surface area contributed by atoms with Crippen molar-refractivity contribution in [2.75, 3.05) is 0 Å². The first-order chi connectivity index (χ1) is 16.8. The summed E-state index contributed by atoms with van der Waals surface area (Å²) in [6.45, 7) is 13.1. The molecule has 6 nitrogen and oxygen atoms in total. The Labute approximate surface area is 214 Å². The van der Waals surface area contributed by atoms with Crippen LogP contribution in [0.4, 0.5) is 0 Å². The number of ketones is 1. The molecule has 1 fully saturated rings. The van der Waals surface area contributed by atoms with Crippen LogP contribution in [0.3, 0.4) is 0 Å². The average Bonchev–Trinajstić information content (AvgIpc) is 3.05. The topological polar surface area (TPSA) is 97.0 Å². The van der Waals surface area contributed by atoms with Gasteiger partial charge in [-0.1, -0.05) is 53.7 Å². The zero-order valence-corrected chi connectivity index (χ0v) is 22.7. The number of rotatable bonds is 5. The van der Waals surface area contributed by atoms with Crippen molar-refractivity contribution in [1.29, 1.82) is 5.41 Å². The Balaban J connectivity index is 1.73. The van der Waals surface area contributed by atoms with Crippen molar-refractivity contribution in [1.82, 2.24) is 9.13 Å². The number of aromatic hydroxyl groups is 1. The minimum Gasteiger partial charge on any atom is -0.507 e. The van der Waals surface area contributed by atoms with Gasteiger partial charge in [-0.3, -0.25) is 10.2 Å². The zero-order chi connectivity index (χ0) is 26.4. The molecule has 0 amide bonds. The number of Topliss-reactive ketones (excluding diaryl/α,β-unsaturated/α-hetero) is 1. The SMILES string of the molecule is CC(C)(C)c1cc(C(=O)Cn2c(=N)n(CC3CCC(N)CC3)c3ccccc32)cc(C(C)(C)C)c1O. The Morgan fingerprint density at radius 1 is 0.944 bits per heavy atom. The lowest BCUT2D eigenvalue weighted by molar-refractivity contribution is 0.0971. The molecule has 1 heterocycles. The van der Waals surface area contributed by atoms with E-state index in [-0.39, 0.29) is 28.9 Å². The standard InChI is InChI=1S/C30H42N4O2/c1-29(2,3)22-15-20(16-23(27(22)36)30(4,5)6)26(35)18-34-25-10-8-7-9-24(25)33(28(34)32)17-19-11-13-21(31)14-12-19/h7-10,15-16,19,21,32,36H,11-14,17-18,31H2,1-6H3. The number of imidazole rings is 1. The summed E-state index contributed by atoms with van der Waals surface area (Å²) in [5, 5.41) is 20.1. The first kappa shape index (κ1) is 26.2.